The molecule has 3 N–H and O–H groups in total. The standard InChI is InChI=1S/C19H21N3O2/c1-13(23)22-10-2-3-16-11-17(8-9-18(16)22)21-12-14-4-6-15(7-5-14)19(20)24/h4-9,11,21H,2-3,10,12H2,1H3,(H2,20,24). The first kappa shape index (κ1) is 16.1. The third-order valence-corrected chi connectivity index (χ3v) is 4.31. The van der Waals surface area contributed by atoms with E-state index >= 15 is 0 Å². The zero-order valence-corrected chi connectivity index (χ0v) is 13.7. The second-order valence-corrected chi connectivity index (χ2v) is 6.03. The number of benzene rings is 2. The highest BCUT2D eigenvalue weighted by Gasteiger charge is 2.19. The van der Waals surface area contributed by atoms with E-state index in [2.05, 4.69) is 11.4 Å². The molecule has 2 aromatic rings. The number of nitrogens with two attached hydrogens (primary N) is 1. The Morgan fingerprint density at radius 3 is 2.58 bits per heavy atom. The third kappa shape index (κ3) is 3.40. The van der Waals surface area contributed by atoms with Crippen molar-refractivity contribution in [3.8, 4) is 0 Å². The maximum absolute atomic E-state index is 11.7. The summed E-state index contributed by atoms with van der Waals surface area (Å²) in [6.07, 6.45) is 1.98. The normalized spacial score (nSPS) is 13.3. The Kier molecular flexibility index (Phi) is 4.51. The quantitative estimate of drug-likeness (QED) is 0.908. The maximum Gasteiger partial charge on any atom is 0.248 e. The van der Waals surface area contributed by atoms with Crippen molar-refractivity contribution in [1.29, 1.82) is 0 Å². The van der Waals surface area contributed by atoms with E-state index in [4.69, 9.17) is 5.73 Å². The lowest BCUT2D eigenvalue weighted by atomic mass is 10.0. The minimum atomic E-state index is -0.417. The van der Waals surface area contributed by atoms with Crippen LogP contribution in [0.3, 0.4) is 0 Å². The van der Waals surface area contributed by atoms with Gasteiger partial charge in [0.1, 0.15) is 0 Å². The number of anilines is 2. The molecule has 0 spiro atoms. The van der Waals surface area contributed by atoms with E-state index in [-0.39, 0.29) is 5.91 Å². The average molecular weight is 323 g/mol. The number of nitrogens with zero attached hydrogens (tertiary/aromatic N) is 1. The largest absolute Gasteiger partial charge is 0.381 e. The van der Waals surface area contributed by atoms with Gasteiger partial charge in [0.05, 0.1) is 0 Å². The zero-order chi connectivity index (χ0) is 17.1. The highest BCUT2D eigenvalue weighted by molar-refractivity contribution is 5.93. The molecule has 124 valence electrons. The maximum atomic E-state index is 11.7. The van der Waals surface area contributed by atoms with Crippen molar-refractivity contribution in [3.05, 3.63) is 59.2 Å². The number of hydrogen-bond donors (Lipinski definition) is 2. The molecular formula is C19H21N3O2. The number of aryl methyl sites for hydroxylation is 1. The molecule has 0 aliphatic carbocycles. The minimum Gasteiger partial charge on any atom is -0.381 e. The molecule has 5 nitrogen and oxygen atoms in total. The summed E-state index contributed by atoms with van der Waals surface area (Å²) in [6, 6.07) is 13.4. The van der Waals surface area contributed by atoms with Crippen LogP contribution in [0.2, 0.25) is 0 Å². The molecule has 1 aliphatic rings. The first-order chi connectivity index (χ1) is 11.5. The van der Waals surface area contributed by atoms with Crippen LogP contribution in [0.4, 0.5) is 11.4 Å². The molecule has 3 rings (SSSR count). The van der Waals surface area contributed by atoms with Crippen molar-refractivity contribution >= 4 is 23.2 Å². The first-order valence-corrected chi connectivity index (χ1v) is 8.08. The topological polar surface area (TPSA) is 75.4 Å². The van der Waals surface area contributed by atoms with Crippen molar-refractivity contribution in [1.82, 2.24) is 0 Å². The lowest BCUT2D eigenvalue weighted by molar-refractivity contribution is -0.116. The Hall–Kier alpha value is -2.82. The van der Waals surface area contributed by atoms with Gasteiger partial charge >= 0.3 is 0 Å². The molecule has 0 saturated carbocycles. The molecule has 0 aromatic heterocycles. The summed E-state index contributed by atoms with van der Waals surface area (Å²) in [6.45, 7) is 3.06. The highest BCUT2D eigenvalue weighted by Crippen LogP contribution is 2.29. The molecule has 1 heterocycles. The van der Waals surface area contributed by atoms with Crippen LogP contribution in [0.25, 0.3) is 0 Å². The predicted molar refractivity (Wildman–Crippen MR) is 95.1 cm³/mol. The fourth-order valence-corrected chi connectivity index (χ4v) is 3.03. The Labute approximate surface area is 141 Å². The van der Waals surface area contributed by atoms with Gasteiger partial charge in [-0.05, 0) is 54.3 Å². The summed E-state index contributed by atoms with van der Waals surface area (Å²) in [5.74, 6) is -0.328. The van der Waals surface area contributed by atoms with Crippen LogP contribution in [-0.4, -0.2) is 18.4 Å². The third-order valence-electron chi connectivity index (χ3n) is 4.31. The lowest BCUT2D eigenvalue weighted by Crippen LogP contribution is -2.33. The van der Waals surface area contributed by atoms with E-state index < -0.39 is 5.91 Å². The Balaban J connectivity index is 1.70. The number of fused-ring (bicyclic) bond motifs is 1. The SMILES string of the molecule is CC(=O)N1CCCc2cc(NCc3ccc(C(N)=O)cc3)ccc21. The summed E-state index contributed by atoms with van der Waals surface area (Å²) >= 11 is 0. The van der Waals surface area contributed by atoms with Crippen LogP contribution in [0.1, 0.15) is 34.8 Å². The van der Waals surface area contributed by atoms with Gasteiger partial charge in [0.15, 0.2) is 0 Å². The van der Waals surface area contributed by atoms with Crippen molar-refractivity contribution < 1.29 is 9.59 Å². The van der Waals surface area contributed by atoms with Gasteiger partial charge in [-0.2, -0.15) is 0 Å². The lowest BCUT2D eigenvalue weighted by Gasteiger charge is -2.29. The molecule has 0 saturated heterocycles. The van der Waals surface area contributed by atoms with Crippen molar-refractivity contribution in [2.75, 3.05) is 16.8 Å². The molecule has 5 heteroatoms. The number of carbonyl (C=O) groups is 2. The molecule has 0 fully saturated rings. The Morgan fingerprint density at radius 1 is 1.17 bits per heavy atom. The van der Waals surface area contributed by atoms with E-state index in [0.717, 1.165) is 36.3 Å². The summed E-state index contributed by atoms with van der Waals surface area (Å²) in [7, 11) is 0. The molecular weight excluding hydrogens is 302 g/mol. The number of carbonyl (C=O) groups excluding carboxylic acids is 2. The molecule has 2 aromatic carbocycles. The van der Waals surface area contributed by atoms with Gasteiger partial charge in [0.2, 0.25) is 11.8 Å². The summed E-state index contributed by atoms with van der Waals surface area (Å²) < 4.78 is 0. The fraction of sp³-hybridized carbons (Fsp3) is 0.263. The van der Waals surface area contributed by atoms with Gasteiger partial charge in [0.25, 0.3) is 0 Å². The van der Waals surface area contributed by atoms with Crippen molar-refractivity contribution in [2.45, 2.75) is 26.3 Å². The summed E-state index contributed by atoms with van der Waals surface area (Å²) in [5, 5.41) is 3.38. The van der Waals surface area contributed by atoms with Gasteiger partial charge in [-0.3, -0.25) is 9.59 Å². The molecule has 0 atom stereocenters. The van der Waals surface area contributed by atoms with Crippen molar-refractivity contribution in [2.24, 2.45) is 5.73 Å². The van der Waals surface area contributed by atoms with Crippen molar-refractivity contribution in [3.63, 3.8) is 0 Å². The Bertz CT molecular complexity index is 769. The van der Waals surface area contributed by atoms with Gasteiger partial charge in [-0.1, -0.05) is 12.1 Å². The average Bonchev–Trinajstić information content (AvgIpc) is 2.59. The number of primary amides is 1. The molecule has 1 aliphatic heterocycles. The van der Waals surface area contributed by atoms with Crippen LogP contribution in [0.15, 0.2) is 42.5 Å². The smallest absolute Gasteiger partial charge is 0.248 e. The molecule has 2 amide bonds. The van der Waals surface area contributed by atoms with E-state index in [1.54, 1.807) is 19.1 Å². The summed E-state index contributed by atoms with van der Waals surface area (Å²) in [4.78, 5) is 24.6. The fourth-order valence-electron chi connectivity index (χ4n) is 3.03. The number of nitrogens with one attached hydrogen (secondary N) is 1. The second kappa shape index (κ2) is 6.74. The number of rotatable bonds is 4. The highest BCUT2D eigenvalue weighted by atomic mass is 16.2. The van der Waals surface area contributed by atoms with E-state index in [1.165, 1.54) is 5.56 Å². The summed E-state index contributed by atoms with van der Waals surface area (Å²) in [5.41, 5.74) is 10.1. The molecule has 0 bridgehead atoms. The molecule has 0 radical (unpaired) electrons. The van der Waals surface area contributed by atoms with E-state index in [9.17, 15) is 9.59 Å². The first-order valence-electron chi connectivity index (χ1n) is 8.08. The van der Waals surface area contributed by atoms with Gasteiger partial charge < -0.3 is 16.0 Å². The van der Waals surface area contributed by atoms with Crippen LogP contribution < -0.4 is 16.0 Å². The number of amides is 2. The van der Waals surface area contributed by atoms with E-state index in [0.29, 0.717) is 12.1 Å². The Morgan fingerprint density at radius 2 is 1.92 bits per heavy atom. The van der Waals surface area contributed by atoms with Crippen LogP contribution in [0, 0.1) is 0 Å². The van der Waals surface area contributed by atoms with Crippen LogP contribution in [0.5, 0.6) is 0 Å². The second-order valence-electron chi connectivity index (χ2n) is 6.03. The minimum absolute atomic E-state index is 0.0891. The predicted octanol–water partition coefficient (Wildman–Crippen LogP) is 2.70. The van der Waals surface area contributed by atoms with Crippen LogP contribution in [-0.2, 0) is 17.8 Å². The monoisotopic (exact) mass is 323 g/mol. The van der Waals surface area contributed by atoms with E-state index in [1.807, 2.05) is 29.2 Å². The van der Waals surface area contributed by atoms with Gasteiger partial charge in [-0.25, -0.2) is 0 Å². The molecule has 0 unspecified atom stereocenters. The number of hydrogen-bond acceptors (Lipinski definition) is 3. The zero-order valence-electron chi connectivity index (χ0n) is 13.7. The van der Waals surface area contributed by atoms with Crippen LogP contribution >= 0.6 is 0 Å². The van der Waals surface area contributed by atoms with Gasteiger partial charge in [-0.15, -0.1) is 0 Å². The molecule has 24 heavy (non-hydrogen) atoms. The van der Waals surface area contributed by atoms with Gasteiger partial charge in [0, 0.05) is 37.0 Å².